The number of amides is 1. The summed E-state index contributed by atoms with van der Waals surface area (Å²) < 4.78 is 5.33. The Morgan fingerprint density at radius 1 is 1.24 bits per heavy atom. The molecule has 0 aromatic heterocycles. The number of ether oxygens (including phenoxy) is 1. The third-order valence-corrected chi connectivity index (χ3v) is 4.23. The van der Waals surface area contributed by atoms with Crippen LogP contribution in [-0.4, -0.2) is 42.6 Å². The third-order valence-electron chi connectivity index (χ3n) is 4.23. The molecule has 0 unspecified atom stereocenters. The smallest absolute Gasteiger partial charge is 0.242 e. The van der Waals surface area contributed by atoms with Crippen LogP contribution in [0.1, 0.15) is 44.9 Å². The van der Waals surface area contributed by atoms with Gasteiger partial charge < -0.3 is 15.4 Å². The standard InChI is InChI=1S/C13H24N2O2/c1-15(11-5-9-17-10-6-11)12(16)13(14)7-3-2-4-8-13/h11H,2-10,14H2,1H3. The second kappa shape index (κ2) is 5.36. The molecule has 1 aliphatic carbocycles. The first-order chi connectivity index (χ1) is 8.13. The molecule has 1 saturated heterocycles. The third kappa shape index (κ3) is 2.80. The molecule has 2 rings (SSSR count). The fraction of sp³-hybridized carbons (Fsp3) is 0.923. The minimum atomic E-state index is -0.592. The van der Waals surface area contributed by atoms with E-state index in [0.717, 1.165) is 51.7 Å². The van der Waals surface area contributed by atoms with E-state index in [1.165, 1.54) is 6.42 Å². The van der Waals surface area contributed by atoms with Gasteiger partial charge in [0, 0.05) is 26.3 Å². The Bertz CT molecular complexity index is 269. The number of carbonyl (C=O) groups excluding carboxylic acids is 1. The highest BCUT2D eigenvalue weighted by Gasteiger charge is 2.39. The average Bonchev–Trinajstić information content (AvgIpc) is 2.39. The SMILES string of the molecule is CN(C(=O)C1(N)CCCCC1)C1CCOCC1. The quantitative estimate of drug-likeness (QED) is 0.791. The van der Waals surface area contributed by atoms with Crippen LogP contribution < -0.4 is 5.73 Å². The Morgan fingerprint density at radius 3 is 2.41 bits per heavy atom. The number of hydrogen-bond donors (Lipinski definition) is 1. The van der Waals surface area contributed by atoms with E-state index in [-0.39, 0.29) is 5.91 Å². The molecule has 2 fully saturated rings. The number of nitrogens with zero attached hydrogens (tertiary/aromatic N) is 1. The van der Waals surface area contributed by atoms with E-state index in [0.29, 0.717) is 6.04 Å². The number of nitrogens with two attached hydrogens (primary N) is 1. The minimum Gasteiger partial charge on any atom is -0.381 e. The van der Waals surface area contributed by atoms with Gasteiger partial charge in [-0.25, -0.2) is 0 Å². The average molecular weight is 240 g/mol. The zero-order chi connectivity index (χ0) is 12.3. The van der Waals surface area contributed by atoms with Crippen molar-refractivity contribution in [2.75, 3.05) is 20.3 Å². The molecule has 17 heavy (non-hydrogen) atoms. The lowest BCUT2D eigenvalue weighted by Crippen LogP contribution is -2.58. The molecule has 0 aromatic rings. The second-order valence-corrected chi connectivity index (χ2v) is 5.48. The van der Waals surface area contributed by atoms with Gasteiger partial charge in [-0.15, -0.1) is 0 Å². The van der Waals surface area contributed by atoms with E-state index < -0.39 is 5.54 Å². The molecule has 2 aliphatic rings. The lowest BCUT2D eigenvalue weighted by Gasteiger charge is -2.39. The molecule has 4 heteroatoms. The van der Waals surface area contributed by atoms with Crippen LogP contribution >= 0.6 is 0 Å². The van der Waals surface area contributed by atoms with Gasteiger partial charge in [-0.3, -0.25) is 4.79 Å². The van der Waals surface area contributed by atoms with Gasteiger partial charge in [-0.05, 0) is 25.7 Å². The fourth-order valence-corrected chi connectivity index (χ4v) is 2.99. The van der Waals surface area contributed by atoms with Crippen molar-refractivity contribution in [3.63, 3.8) is 0 Å². The van der Waals surface area contributed by atoms with Crippen molar-refractivity contribution in [2.45, 2.75) is 56.5 Å². The molecule has 1 saturated carbocycles. The van der Waals surface area contributed by atoms with Crippen molar-refractivity contribution in [3.05, 3.63) is 0 Å². The largest absolute Gasteiger partial charge is 0.381 e. The van der Waals surface area contributed by atoms with Crippen LogP contribution in [0.25, 0.3) is 0 Å². The van der Waals surface area contributed by atoms with E-state index >= 15 is 0 Å². The molecule has 0 atom stereocenters. The zero-order valence-electron chi connectivity index (χ0n) is 10.8. The molecule has 0 radical (unpaired) electrons. The molecule has 4 nitrogen and oxygen atoms in total. The number of hydrogen-bond acceptors (Lipinski definition) is 3. The summed E-state index contributed by atoms with van der Waals surface area (Å²) in [5, 5.41) is 0. The van der Waals surface area contributed by atoms with Crippen molar-refractivity contribution in [2.24, 2.45) is 5.73 Å². The lowest BCUT2D eigenvalue weighted by molar-refractivity contribution is -0.140. The molecular formula is C13H24N2O2. The van der Waals surface area contributed by atoms with Crippen molar-refractivity contribution < 1.29 is 9.53 Å². The summed E-state index contributed by atoms with van der Waals surface area (Å²) in [6.45, 7) is 1.53. The van der Waals surface area contributed by atoms with Gasteiger partial charge in [0.05, 0.1) is 5.54 Å². The normalized spacial score (nSPS) is 25.5. The summed E-state index contributed by atoms with van der Waals surface area (Å²) in [5.41, 5.74) is 5.70. The highest BCUT2D eigenvalue weighted by molar-refractivity contribution is 5.86. The first-order valence-electron chi connectivity index (χ1n) is 6.77. The summed E-state index contributed by atoms with van der Waals surface area (Å²) in [7, 11) is 1.90. The van der Waals surface area contributed by atoms with Gasteiger partial charge in [-0.2, -0.15) is 0 Å². The van der Waals surface area contributed by atoms with Gasteiger partial charge >= 0.3 is 0 Å². The van der Waals surface area contributed by atoms with Crippen LogP contribution in [0.4, 0.5) is 0 Å². The molecule has 98 valence electrons. The van der Waals surface area contributed by atoms with Gasteiger partial charge in [0.25, 0.3) is 0 Å². The Balaban J connectivity index is 1.97. The van der Waals surface area contributed by atoms with E-state index in [1.807, 2.05) is 11.9 Å². The Hall–Kier alpha value is -0.610. The monoisotopic (exact) mass is 240 g/mol. The predicted molar refractivity (Wildman–Crippen MR) is 66.6 cm³/mol. The van der Waals surface area contributed by atoms with Gasteiger partial charge in [0.1, 0.15) is 0 Å². The summed E-state index contributed by atoms with van der Waals surface area (Å²) in [6, 6.07) is 0.318. The maximum atomic E-state index is 12.5. The van der Waals surface area contributed by atoms with E-state index in [2.05, 4.69) is 0 Å². The first-order valence-corrected chi connectivity index (χ1v) is 6.77. The molecule has 1 amide bonds. The highest BCUT2D eigenvalue weighted by atomic mass is 16.5. The topological polar surface area (TPSA) is 55.6 Å². The zero-order valence-corrected chi connectivity index (χ0v) is 10.8. The summed E-state index contributed by atoms with van der Waals surface area (Å²) in [6.07, 6.45) is 6.97. The van der Waals surface area contributed by atoms with Gasteiger partial charge in [-0.1, -0.05) is 19.3 Å². The van der Waals surface area contributed by atoms with Crippen LogP contribution in [-0.2, 0) is 9.53 Å². The number of rotatable bonds is 2. The van der Waals surface area contributed by atoms with Crippen LogP contribution in [0.3, 0.4) is 0 Å². The first kappa shape index (κ1) is 12.8. The maximum Gasteiger partial charge on any atom is 0.242 e. The van der Waals surface area contributed by atoms with Crippen molar-refractivity contribution >= 4 is 5.91 Å². The van der Waals surface area contributed by atoms with Crippen LogP contribution in [0.2, 0.25) is 0 Å². The highest BCUT2D eigenvalue weighted by Crippen LogP contribution is 2.28. The van der Waals surface area contributed by atoms with E-state index in [1.54, 1.807) is 0 Å². The minimum absolute atomic E-state index is 0.143. The van der Waals surface area contributed by atoms with E-state index in [9.17, 15) is 4.79 Å². The van der Waals surface area contributed by atoms with Gasteiger partial charge in [0.15, 0.2) is 0 Å². The fourth-order valence-electron chi connectivity index (χ4n) is 2.99. The Morgan fingerprint density at radius 2 is 1.82 bits per heavy atom. The maximum absolute atomic E-state index is 12.5. The predicted octanol–water partition coefficient (Wildman–Crippen LogP) is 1.29. The summed E-state index contributed by atoms with van der Waals surface area (Å²) >= 11 is 0. The number of likely N-dealkylation sites (N-methyl/N-ethyl adjacent to an activating group) is 1. The van der Waals surface area contributed by atoms with Crippen LogP contribution in [0.5, 0.6) is 0 Å². The Labute approximate surface area is 103 Å². The van der Waals surface area contributed by atoms with Crippen molar-refractivity contribution in [1.29, 1.82) is 0 Å². The van der Waals surface area contributed by atoms with Gasteiger partial charge in [0.2, 0.25) is 5.91 Å². The van der Waals surface area contributed by atoms with E-state index in [4.69, 9.17) is 10.5 Å². The van der Waals surface area contributed by atoms with Crippen molar-refractivity contribution in [1.82, 2.24) is 4.90 Å². The Kier molecular flexibility index (Phi) is 4.05. The molecule has 1 aliphatic heterocycles. The molecular weight excluding hydrogens is 216 g/mol. The summed E-state index contributed by atoms with van der Waals surface area (Å²) in [4.78, 5) is 14.4. The second-order valence-electron chi connectivity index (χ2n) is 5.48. The lowest BCUT2D eigenvalue weighted by atomic mass is 9.81. The summed E-state index contributed by atoms with van der Waals surface area (Å²) in [5.74, 6) is 0.143. The molecule has 1 heterocycles. The molecule has 0 aromatic carbocycles. The molecule has 0 spiro atoms. The van der Waals surface area contributed by atoms with Crippen LogP contribution in [0.15, 0.2) is 0 Å². The molecule has 2 N–H and O–H groups in total. The molecule has 0 bridgehead atoms. The number of carbonyl (C=O) groups is 1. The van der Waals surface area contributed by atoms with Crippen LogP contribution in [0, 0.1) is 0 Å². The van der Waals surface area contributed by atoms with Crippen molar-refractivity contribution in [3.8, 4) is 0 Å².